The first kappa shape index (κ1) is 16.5. The van der Waals surface area contributed by atoms with Crippen molar-refractivity contribution in [2.24, 2.45) is 0 Å². The summed E-state index contributed by atoms with van der Waals surface area (Å²) >= 11 is 11.9. The first-order valence-corrected chi connectivity index (χ1v) is 7.95. The van der Waals surface area contributed by atoms with Crippen molar-refractivity contribution in [2.45, 2.75) is 13.0 Å². The molecule has 5 nitrogen and oxygen atoms in total. The lowest BCUT2D eigenvalue weighted by atomic mass is 10.2. The van der Waals surface area contributed by atoms with Crippen LogP contribution in [0.3, 0.4) is 0 Å². The molecular formula is C17H13Cl2N3O2. The summed E-state index contributed by atoms with van der Waals surface area (Å²) < 4.78 is 5.24. The number of carbonyl (C=O) groups is 1. The van der Waals surface area contributed by atoms with Gasteiger partial charge in [-0.15, -0.1) is 0 Å². The second kappa shape index (κ2) is 7.03. The maximum Gasteiger partial charge on any atom is 0.253 e. The molecule has 7 heteroatoms. The van der Waals surface area contributed by atoms with Gasteiger partial charge in [0, 0.05) is 10.6 Å². The fourth-order valence-electron chi connectivity index (χ4n) is 2.11. The van der Waals surface area contributed by atoms with Gasteiger partial charge in [0.1, 0.15) is 6.04 Å². The number of halogens is 2. The highest BCUT2D eigenvalue weighted by Gasteiger charge is 2.19. The zero-order valence-electron chi connectivity index (χ0n) is 12.7. The molecule has 3 rings (SSSR count). The van der Waals surface area contributed by atoms with Crippen molar-refractivity contribution in [1.29, 1.82) is 0 Å². The van der Waals surface area contributed by atoms with E-state index in [4.69, 9.17) is 27.7 Å². The number of rotatable bonds is 4. The van der Waals surface area contributed by atoms with E-state index in [0.717, 1.165) is 5.56 Å². The lowest BCUT2D eigenvalue weighted by Crippen LogP contribution is -2.27. The summed E-state index contributed by atoms with van der Waals surface area (Å²) in [5.41, 5.74) is 1.17. The van der Waals surface area contributed by atoms with Crippen molar-refractivity contribution in [2.75, 3.05) is 0 Å². The van der Waals surface area contributed by atoms with Crippen molar-refractivity contribution in [1.82, 2.24) is 15.5 Å². The molecule has 1 N–H and O–H groups in total. The molecule has 0 aliphatic heterocycles. The van der Waals surface area contributed by atoms with Gasteiger partial charge in [-0.1, -0.05) is 40.5 Å². The second-order valence-electron chi connectivity index (χ2n) is 5.14. The second-order valence-corrected chi connectivity index (χ2v) is 5.98. The number of aromatic nitrogens is 2. The first-order valence-electron chi connectivity index (χ1n) is 7.19. The average Bonchev–Trinajstić information content (AvgIpc) is 3.06. The molecule has 0 spiro atoms. The molecule has 0 aliphatic carbocycles. The molecule has 1 heterocycles. The van der Waals surface area contributed by atoms with Crippen LogP contribution in [-0.2, 0) is 0 Å². The van der Waals surface area contributed by atoms with E-state index < -0.39 is 6.04 Å². The topological polar surface area (TPSA) is 68.0 Å². The number of amides is 1. The van der Waals surface area contributed by atoms with E-state index >= 15 is 0 Å². The standard InChI is InChI=1S/C17H13Cl2N3O2/c1-10(20-16(23)13-4-2-3-5-14(13)19)17-21-15(22-24-17)11-6-8-12(18)9-7-11/h2-10H,1H3,(H,20,23)/t10-/m0/s1. The lowest BCUT2D eigenvalue weighted by molar-refractivity contribution is 0.0932. The van der Waals surface area contributed by atoms with Crippen LogP contribution in [0, 0.1) is 0 Å². The van der Waals surface area contributed by atoms with Crippen LogP contribution in [0.15, 0.2) is 53.1 Å². The molecule has 0 unspecified atom stereocenters. The molecule has 3 aromatic rings. The van der Waals surface area contributed by atoms with Gasteiger partial charge in [0.15, 0.2) is 0 Å². The normalized spacial score (nSPS) is 12.0. The number of hydrogen-bond acceptors (Lipinski definition) is 4. The third kappa shape index (κ3) is 3.58. The van der Waals surface area contributed by atoms with Crippen molar-refractivity contribution < 1.29 is 9.32 Å². The Balaban J connectivity index is 1.74. The Kier molecular flexibility index (Phi) is 4.83. The molecule has 24 heavy (non-hydrogen) atoms. The Morgan fingerprint density at radius 1 is 1.12 bits per heavy atom. The zero-order valence-corrected chi connectivity index (χ0v) is 14.2. The van der Waals surface area contributed by atoms with Gasteiger partial charge in [-0.05, 0) is 43.3 Å². The highest BCUT2D eigenvalue weighted by Crippen LogP contribution is 2.21. The Hall–Kier alpha value is -2.37. The Bertz CT molecular complexity index is 862. The first-order chi connectivity index (χ1) is 11.5. The summed E-state index contributed by atoms with van der Waals surface area (Å²) in [6.45, 7) is 1.76. The highest BCUT2D eigenvalue weighted by molar-refractivity contribution is 6.33. The summed E-state index contributed by atoms with van der Waals surface area (Å²) in [6, 6.07) is 13.4. The number of nitrogens with one attached hydrogen (secondary N) is 1. The zero-order chi connectivity index (χ0) is 17.1. The Morgan fingerprint density at radius 2 is 1.83 bits per heavy atom. The van der Waals surface area contributed by atoms with Crippen LogP contribution >= 0.6 is 23.2 Å². The predicted octanol–water partition coefficient (Wildman–Crippen LogP) is 4.53. The van der Waals surface area contributed by atoms with E-state index in [1.807, 2.05) is 0 Å². The molecule has 1 aromatic heterocycles. The fourth-order valence-corrected chi connectivity index (χ4v) is 2.46. The molecule has 0 saturated carbocycles. The Morgan fingerprint density at radius 3 is 2.54 bits per heavy atom. The summed E-state index contributed by atoms with van der Waals surface area (Å²) in [5, 5.41) is 7.73. The quantitative estimate of drug-likeness (QED) is 0.740. The fraction of sp³-hybridized carbons (Fsp3) is 0.118. The molecule has 0 saturated heterocycles. The van der Waals surface area contributed by atoms with E-state index in [2.05, 4.69) is 15.5 Å². The van der Waals surface area contributed by atoms with E-state index in [-0.39, 0.29) is 5.91 Å². The molecule has 0 radical (unpaired) electrons. The third-order valence-electron chi connectivity index (χ3n) is 3.38. The van der Waals surface area contributed by atoms with Gasteiger partial charge in [0.25, 0.3) is 5.91 Å². The largest absolute Gasteiger partial charge is 0.340 e. The maximum atomic E-state index is 12.3. The third-order valence-corrected chi connectivity index (χ3v) is 3.96. The molecule has 1 amide bonds. The van der Waals surface area contributed by atoms with Gasteiger partial charge in [-0.2, -0.15) is 4.98 Å². The van der Waals surface area contributed by atoms with Crippen LogP contribution < -0.4 is 5.32 Å². The predicted molar refractivity (Wildman–Crippen MR) is 92.1 cm³/mol. The van der Waals surface area contributed by atoms with Gasteiger partial charge in [0.2, 0.25) is 11.7 Å². The average molecular weight is 362 g/mol. The van der Waals surface area contributed by atoms with Crippen LogP contribution in [0.4, 0.5) is 0 Å². The SMILES string of the molecule is C[C@H](NC(=O)c1ccccc1Cl)c1nc(-c2ccc(Cl)cc2)no1. The van der Waals surface area contributed by atoms with Crippen molar-refractivity contribution in [3.63, 3.8) is 0 Å². The lowest BCUT2D eigenvalue weighted by Gasteiger charge is -2.10. The minimum atomic E-state index is -0.456. The monoisotopic (exact) mass is 361 g/mol. The molecule has 0 bridgehead atoms. The molecule has 122 valence electrons. The van der Waals surface area contributed by atoms with Crippen LogP contribution in [0.25, 0.3) is 11.4 Å². The van der Waals surface area contributed by atoms with Gasteiger partial charge >= 0.3 is 0 Å². The summed E-state index contributed by atoms with van der Waals surface area (Å²) in [5.74, 6) is 0.431. The van der Waals surface area contributed by atoms with Gasteiger partial charge < -0.3 is 9.84 Å². The van der Waals surface area contributed by atoms with Crippen LogP contribution in [0.2, 0.25) is 10.0 Å². The van der Waals surface area contributed by atoms with E-state index in [0.29, 0.717) is 27.3 Å². The van der Waals surface area contributed by atoms with Crippen molar-refractivity contribution in [3.8, 4) is 11.4 Å². The van der Waals surface area contributed by atoms with Crippen LogP contribution in [0.1, 0.15) is 29.2 Å². The van der Waals surface area contributed by atoms with E-state index in [9.17, 15) is 4.79 Å². The summed E-state index contributed by atoms with van der Waals surface area (Å²) in [7, 11) is 0. The molecule has 0 fully saturated rings. The molecular weight excluding hydrogens is 349 g/mol. The molecule has 0 aliphatic rings. The van der Waals surface area contributed by atoms with Crippen molar-refractivity contribution in [3.05, 3.63) is 70.0 Å². The smallest absolute Gasteiger partial charge is 0.253 e. The van der Waals surface area contributed by atoms with Crippen LogP contribution in [0.5, 0.6) is 0 Å². The van der Waals surface area contributed by atoms with E-state index in [1.165, 1.54) is 0 Å². The van der Waals surface area contributed by atoms with Gasteiger partial charge in [0.05, 0.1) is 10.6 Å². The van der Waals surface area contributed by atoms with Gasteiger partial charge in [-0.25, -0.2) is 0 Å². The molecule has 1 atom stereocenters. The summed E-state index contributed by atoms with van der Waals surface area (Å²) in [4.78, 5) is 16.6. The van der Waals surface area contributed by atoms with Crippen LogP contribution in [-0.4, -0.2) is 16.0 Å². The minimum absolute atomic E-state index is 0.306. The van der Waals surface area contributed by atoms with E-state index in [1.54, 1.807) is 55.5 Å². The summed E-state index contributed by atoms with van der Waals surface area (Å²) in [6.07, 6.45) is 0. The number of nitrogens with zero attached hydrogens (tertiary/aromatic N) is 2. The highest BCUT2D eigenvalue weighted by atomic mass is 35.5. The maximum absolute atomic E-state index is 12.3. The Labute approximate surface area is 148 Å². The van der Waals surface area contributed by atoms with Crippen molar-refractivity contribution >= 4 is 29.1 Å². The molecule has 2 aromatic carbocycles. The number of carbonyl (C=O) groups excluding carboxylic acids is 1. The number of hydrogen-bond donors (Lipinski definition) is 1. The van der Waals surface area contributed by atoms with Gasteiger partial charge in [-0.3, -0.25) is 4.79 Å². The minimum Gasteiger partial charge on any atom is -0.340 e. The number of benzene rings is 2.